The molecule has 0 saturated carbocycles. The topological polar surface area (TPSA) is 0 Å². The van der Waals surface area contributed by atoms with Crippen LogP contribution >= 0.6 is 0 Å². The van der Waals surface area contributed by atoms with E-state index in [1.165, 1.54) is 44.5 Å². The Kier molecular flexibility index (Phi) is 5.28. The molecule has 1 radical (unpaired) electrons. The largest absolute Gasteiger partial charge is 0.358 e. The van der Waals surface area contributed by atoms with Gasteiger partial charge in [-0.3, -0.25) is 0 Å². The molecule has 0 bridgehead atoms. The van der Waals surface area contributed by atoms with Gasteiger partial charge in [0.1, 0.15) is 0 Å². The van der Waals surface area contributed by atoms with Gasteiger partial charge in [0.25, 0.3) is 0 Å². The molecule has 0 aromatic heterocycles. The summed E-state index contributed by atoms with van der Waals surface area (Å²) in [6, 6.07) is 23.2. The summed E-state index contributed by atoms with van der Waals surface area (Å²) in [6.45, 7) is 0. The molecule has 0 nitrogen and oxygen atoms in total. The van der Waals surface area contributed by atoms with Crippen LogP contribution in [0, 0.1) is 13.5 Å². The molecule has 2 aliphatic carbocycles. The van der Waals surface area contributed by atoms with Crippen molar-refractivity contribution in [3.05, 3.63) is 90.3 Å². The van der Waals surface area contributed by atoms with Gasteiger partial charge in [-0.1, -0.05) is 43.8 Å². The van der Waals surface area contributed by atoms with E-state index in [0.717, 1.165) is 12.8 Å². The molecule has 23 heavy (non-hydrogen) atoms. The van der Waals surface area contributed by atoms with Gasteiger partial charge in [-0.15, -0.1) is 11.1 Å². The van der Waals surface area contributed by atoms with Crippen LogP contribution in [0.3, 0.4) is 0 Å². The quantitative estimate of drug-likeness (QED) is 0.305. The Balaban J connectivity index is 0.000000640. The molecule has 0 aliphatic heterocycles. The van der Waals surface area contributed by atoms with E-state index in [-0.39, 0.29) is 47.6 Å². The van der Waals surface area contributed by atoms with Crippen LogP contribution in [0.2, 0.25) is 0 Å². The van der Waals surface area contributed by atoms with Gasteiger partial charge in [-0.2, -0.15) is 24.3 Å². The summed E-state index contributed by atoms with van der Waals surface area (Å²) in [5.41, 5.74) is 11.5. The maximum Gasteiger partial charge on any atom is 0 e. The van der Waals surface area contributed by atoms with Crippen molar-refractivity contribution in [2.75, 3.05) is 0 Å². The van der Waals surface area contributed by atoms with E-state index in [1.54, 1.807) is 0 Å². The van der Waals surface area contributed by atoms with Crippen molar-refractivity contribution in [3.63, 3.8) is 0 Å². The standard InChI is InChI=1S/C20H13.CH4.CH3.Y/c1-3-7-17-13(5-1)9-15-11-20-16(12-19(15)17)10-14-6-2-4-8-18(14)20;;;/h1,3-8,11-12H,9-10H2;1H4;1H3;/q-1;;-1;. The van der Waals surface area contributed by atoms with Crippen molar-refractivity contribution in [1.82, 2.24) is 0 Å². The minimum atomic E-state index is 0. The van der Waals surface area contributed by atoms with E-state index in [4.69, 9.17) is 0 Å². The number of rotatable bonds is 0. The predicted octanol–water partition coefficient (Wildman–Crippen LogP) is 5.71. The van der Waals surface area contributed by atoms with Crippen LogP contribution in [-0.2, 0) is 45.6 Å². The Morgan fingerprint density at radius 3 is 2.04 bits per heavy atom. The maximum atomic E-state index is 3.20. The van der Waals surface area contributed by atoms with Crippen LogP contribution in [0.1, 0.15) is 29.7 Å². The minimum absolute atomic E-state index is 0. The van der Waals surface area contributed by atoms with E-state index in [1.807, 2.05) is 6.07 Å². The van der Waals surface area contributed by atoms with Crippen molar-refractivity contribution in [3.8, 4) is 22.3 Å². The van der Waals surface area contributed by atoms with Gasteiger partial charge in [0.05, 0.1) is 0 Å². The first kappa shape index (κ1) is 18.1. The second-order valence-electron chi connectivity index (χ2n) is 5.76. The predicted molar refractivity (Wildman–Crippen MR) is 94.9 cm³/mol. The summed E-state index contributed by atoms with van der Waals surface area (Å²) >= 11 is 0. The molecular weight excluding hydrogens is 353 g/mol. The smallest absolute Gasteiger partial charge is 0 e. The van der Waals surface area contributed by atoms with Crippen molar-refractivity contribution in [1.29, 1.82) is 0 Å². The zero-order chi connectivity index (χ0) is 13.1. The van der Waals surface area contributed by atoms with Gasteiger partial charge in [0.15, 0.2) is 0 Å². The zero-order valence-electron chi connectivity index (χ0n) is 12.7. The fraction of sp³-hybridized carbons (Fsp3) is 0.136. The third kappa shape index (κ3) is 2.63. The number of benzene rings is 3. The summed E-state index contributed by atoms with van der Waals surface area (Å²) in [5, 5.41) is 0. The molecule has 0 fully saturated rings. The fourth-order valence-corrected chi connectivity index (χ4v) is 3.70. The number of hydrogen-bond donors (Lipinski definition) is 0. The van der Waals surface area contributed by atoms with Crippen LogP contribution < -0.4 is 0 Å². The molecule has 3 aromatic rings. The van der Waals surface area contributed by atoms with E-state index < -0.39 is 0 Å². The van der Waals surface area contributed by atoms with E-state index in [0.29, 0.717) is 0 Å². The van der Waals surface area contributed by atoms with Gasteiger partial charge < -0.3 is 7.43 Å². The Labute approximate surface area is 164 Å². The monoisotopic (exact) mass is 373 g/mol. The molecule has 5 rings (SSSR count). The van der Waals surface area contributed by atoms with E-state index >= 15 is 0 Å². The van der Waals surface area contributed by atoms with Crippen LogP contribution in [0.5, 0.6) is 0 Å². The molecular formula is C22H20Y-2. The maximum absolute atomic E-state index is 3.20. The Morgan fingerprint density at radius 2 is 1.30 bits per heavy atom. The van der Waals surface area contributed by atoms with Crippen LogP contribution in [0.15, 0.2) is 54.6 Å². The first-order chi connectivity index (χ1) is 9.90. The molecule has 3 aromatic carbocycles. The number of fused-ring (bicyclic) bond motifs is 6. The van der Waals surface area contributed by atoms with Gasteiger partial charge in [-0.05, 0) is 46.2 Å². The molecule has 0 heterocycles. The van der Waals surface area contributed by atoms with Crippen molar-refractivity contribution < 1.29 is 32.7 Å². The number of hydrogen-bond acceptors (Lipinski definition) is 0. The van der Waals surface area contributed by atoms with Crippen LogP contribution in [-0.4, -0.2) is 0 Å². The third-order valence-corrected chi connectivity index (χ3v) is 4.64. The minimum Gasteiger partial charge on any atom is -0.358 e. The van der Waals surface area contributed by atoms with Gasteiger partial charge in [-0.25, -0.2) is 0 Å². The summed E-state index contributed by atoms with van der Waals surface area (Å²) in [5.74, 6) is 0. The van der Waals surface area contributed by atoms with Gasteiger partial charge >= 0.3 is 0 Å². The first-order valence-electron chi connectivity index (χ1n) is 7.13. The molecule has 0 unspecified atom stereocenters. The Hall–Kier alpha value is -1.24. The SMILES string of the molecule is C.[CH3-].[Y].[c-]1ccc2c(c1)Cc1cc3c(cc1-2)Cc1ccccc1-3. The summed E-state index contributed by atoms with van der Waals surface area (Å²) in [4.78, 5) is 0. The zero-order valence-corrected chi connectivity index (χ0v) is 15.5. The van der Waals surface area contributed by atoms with Crippen molar-refractivity contribution >= 4 is 0 Å². The second kappa shape index (κ2) is 6.71. The Bertz CT molecular complexity index is 788. The molecule has 113 valence electrons. The second-order valence-corrected chi connectivity index (χ2v) is 5.76. The molecule has 0 N–H and O–H groups in total. The fourth-order valence-electron chi connectivity index (χ4n) is 3.70. The average molecular weight is 373 g/mol. The first-order valence-corrected chi connectivity index (χ1v) is 7.13. The van der Waals surface area contributed by atoms with Gasteiger partial charge in [0.2, 0.25) is 0 Å². The summed E-state index contributed by atoms with van der Waals surface area (Å²) in [6.07, 6.45) is 2.13. The average Bonchev–Trinajstić information content (AvgIpc) is 3.02. The molecule has 1 heteroatoms. The van der Waals surface area contributed by atoms with Gasteiger partial charge in [0, 0.05) is 32.7 Å². The van der Waals surface area contributed by atoms with E-state index in [2.05, 4.69) is 54.6 Å². The molecule has 0 atom stereocenters. The molecule has 0 saturated heterocycles. The van der Waals surface area contributed by atoms with Crippen LogP contribution in [0.4, 0.5) is 0 Å². The van der Waals surface area contributed by atoms with E-state index in [9.17, 15) is 0 Å². The van der Waals surface area contributed by atoms with Crippen LogP contribution in [0.25, 0.3) is 22.3 Å². The van der Waals surface area contributed by atoms with Crippen molar-refractivity contribution in [2.24, 2.45) is 0 Å². The summed E-state index contributed by atoms with van der Waals surface area (Å²) in [7, 11) is 0. The summed E-state index contributed by atoms with van der Waals surface area (Å²) < 4.78 is 0. The Morgan fingerprint density at radius 1 is 0.696 bits per heavy atom. The molecule has 0 amide bonds. The molecule has 0 spiro atoms. The third-order valence-electron chi connectivity index (χ3n) is 4.64. The molecule has 2 aliphatic rings. The van der Waals surface area contributed by atoms with Crippen molar-refractivity contribution in [2.45, 2.75) is 20.3 Å². The normalized spacial score (nSPS) is 11.8.